The molecule has 0 aliphatic rings. The fraction of sp³-hybridized carbons (Fsp3) is 0.312. The molecule has 1 aromatic heterocycles. The van der Waals surface area contributed by atoms with Gasteiger partial charge in [-0.3, -0.25) is 0 Å². The molecule has 1 aromatic carbocycles. The molecule has 0 aliphatic carbocycles. The molecule has 24 heavy (non-hydrogen) atoms. The molecule has 0 fully saturated rings. The number of ether oxygens (including phenoxy) is 2. The van der Waals surface area contributed by atoms with Crippen LogP contribution in [0.15, 0.2) is 32.7 Å². The second kappa shape index (κ2) is 8.39. The molecule has 0 atom stereocenters. The molecule has 0 saturated carbocycles. The van der Waals surface area contributed by atoms with Crippen LogP contribution in [0.5, 0.6) is 11.5 Å². The smallest absolute Gasteiger partial charge is 0.281 e. The van der Waals surface area contributed by atoms with Gasteiger partial charge in [-0.15, -0.1) is 10.2 Å². The highest BCUT2D eigenvalue weighted by molar-refractivity contribution is 8.03. The summed E-state index contributed by atoms with van der Waals surface area (Å²) >= 11 is 0.833. The number of aryl methyl sites for hydroxylation is 1. The number of carbonyl (C=O) groups is 1. The van der Waals surface area contributed by atoms with Gasteiger partial charge in [-0.05, 0) is 49.4 Å². The number of carboxylic acids is 1. The maximum absolute atomic E-state index is 11.3. The van der Waals surface area contributed by atoms with Crippen molar-refractivity contribution in [3.63, 3.8) is 0 Å². The zero-order chi connectivity index (χ0) is 17.5. The Labute approximate surface area is 143 Å². The Balaban J connectivity index is 2.30. The highest BCUT2D eigenvalue weighted by atomic mass is 32.2. The van der Waals surface area contributed by atoms with Crippen molar-refractivity contribution >= 4 is 23.8 Å². The van der Waals surface area contributed by atoms with E-state index in [1.807, 2.05) is 13.8 Å². The van der Waals surface area contributed by atoms with Crippen molar-refractivity contribution in [2.75, 3.05) is 13.2 Å². The van der Waals surface area contributed by atoms with Gasteiger partial charge in [-0.2, -0.15) is 0 Å². The summed E-state index contributed by atoms with van der Waals surface area (Å²) < 4.78 is 16.2. The Bertz CT molecular complexity index is 742. The first-order valence-electron chi connectivity index (χ1n) is 7.34. The molecule has 0 aliphatic heterocycles. The molecule has 0 N–H and O–H groups in total. The number of carboxylic acid groups (broad SMARTS) is 1. The predicted octanol–water partition coefficient (Wildman–Crippen LogP) is 2.06. The standard InChI is InChI=1S/C16H18N2O5S/c1-4-21-12-7-6-11(8-13(12)22-5-2)9-14(15(19)20)24-16-18-17-10(3)23-16/h6-9H,4-5H2,1-3H3,(H,19,20)/p-1/b14-9-. The van der Waals surface area contributed by atoms with Crippen molar-refractivity contribution in [3.05, 3.63) is 34.6 Å². The molecular weight excluding hydrogens is 332 g/mol. The van der Waals surface area contributed by atoms with Crippen LogP contribution in [0.3, 0.4) is 0 Å². The van der Waals surface area contributed by atoms with Gasteiger partial charge < -0.3 is 23.8 Å². The van der Waals surface area contributed by atoms with Gasteiger partial charge in [0.25, 0.3) is 5.22 Å². The largest absolute Gasteiger partial charge is 0.544 e. The summed E-state index contributed by atoms with van der Waals surface area (Å²) in [5.41, 5.74) is 0.629. The first kappa shape index (κ1) is 17.9. The van der Waals surface area contributed by atoms with Crippen LogP contribution in [0.4, 0.5) is 0 Å². The molecule has 0 unspecified atom stereocenters. The lowest BCUT2D eigenvalue weighted by Gasteiger charge is -2.12. The second-order valence-electron chi connectivity index (χ2n) is 4.56. The van der Waals surface area contributed by atoms with Crippen molar-refractivity contribution < 1.29 is 23.8 Å². The predicted molar refractivity (Wildman–Crippen MR) is 86.7 cm³/mol. The molecule has 2 rings (SSSR count). The lowest BCUT2D eigenvalue weighted by atomic mass is 10.2. The van der Waals surface area contributed by atoms with Gasteiger partial charge in [0, 0.05) is 11.8 Å². The van der Waals surface area contributed by atoms with E-state index in [4.69, 9.17) is 13.9 Å². The SMILES string of the molecule is CCOc1ccc(/C=C(\Sc2nnc(C)o2)C(=O)[O-])cc1OCC. The Morgan fingerprint density at radius 2 is 1.96 bits per heavy atom. The van der Waals surface area contributed by atoms with E-state index in [1.165, 1.54) is 6.08 Å². The summed E-state index contributed by atoms with van der Waals surface area (Å²) in [5.74, 6) is 0.175. The van der Waals surface area contributed by atoms with Crippen LogP contribution in [0.25, 0.3) is 6.08 Å². The van der Waals surface area contributed by atoms with E-state index in [-0.39, 0.29) is 10.1 Å². The quantitative estimate of drug-likeness (QED) is 0.528. The van der Waals surface area contributed by atoms with E-state index in [9.17, 15) is 9.90 Å². The molecule has 0 bridgehead atoms. The van der Waals surface area contributed by atoms with Crippen LogP contribution < -0.4 is 14.6 Å². The van der Waals surface area contributed by atoms with E-state index in [1.54, 1.807) is 25.1 Å². The van der Waals surface area contributed by atoms with Gasteiger partial charge in [0.1, 0.15) is 0 Å². The van der Waals surface area contributed by atoms with Crippen LogP contribution in [0, 0.1) is 6.92 Å². The molecule has 0 saturated heterocycles. The fourth-order valence-corrected chi connectivity index (χ4v) is 2.56. The number of hydrogen-bond acceptors (Lipinski definition) is 8. The number of aliphatic carboxylic acids is 1. The first-order valence-corrected chi connectivity index (χ1v) is 8.15. The zero-order valence-corrected chi connectivity index (χ0v) is 14.4. The molecule has 0 amide bonds. The van der Waals surface area contributed by atoms with Crippen LogP contribution in [-0.2, 0) is 4.79 Å². The molecule has 0 spiro atoms. The van der Waals surface area contributed by atoms with Crippen molar-refractivity contribution in [2.45, 2.75) is 26.0 Å². The number of nitrogens with zero attached hydrogens (tertiary/aromatic N) is 2. The van der Waals surface area contributed by atoms with Crippen LogP contribution >= 0.6 is 11.8 Å². The number of benzene rings is 1. The van der Waals surface area contributed by atoms with Crippen LogP contribution in [0.2, 0.25) is 0 Å². The normalized spacial score (nSPS) is 11.4. The molecule has 0 radical (unpaired) electrons. The average Bonchev–Trinajstić information content (AvgIpc) is 2.94. The monoisotopic (exact) mass is 349 g/mol. The van der Waals surface area contributed by atoms with Gasteiger partial charge in [0.2, 0.25) is 5.89 Å². The van der Waals surface area contributed by atoms with E-state index in [2.05, 4.69) is 10.2 Å². The Kier molecular flexibility index (Phi) is 6.25. The minimum atomic E-state index is -1.33. The van der Waals surface area contributed by atoms with Crippen molar-refractivity contribution in [3.8, 4) is 11.5 Å². The lowest BCUT2D eigenvalue weighted by Crippen LogP contribution is -2.23. The van der Waals surface area contributed by atoms with E-state index >= 15 is 0 Å². The Morgan fingerprint density at radius 3 is 2.54 bits per heavy atom. The summed E-state index contributed by atoms with van der Waals surface area (Å²) in [6.07, 6.45) is 1.46. The number of aromatic nitrogens is 2. The van der Waals surface area contributed by atoms with E-state index in [0.29, 0.717) is 36.2 Å². The first-order chi connectivity index (χ1) is 11.5. The number of thioether (sulfide) groups is 1. The Morgan fingerprint density at radius 1 is 1.25 bits per heavy atom. The van der Waals surface area contributed by atoms with Gasteiger partial charge in [-0.1, -0.05) is 6.07 Å². The van der Waals surface area contributed by atoms with Crippen molar-refractivity contribution in [2.24, 2.45) is 0 Å². The summed E-state index contributed by atoms with van der Waals surface area (Å²) in [4.78, 5) is 11.3. The molecule has 2 aromatic rings. The minimum Gasteiger partial charge on any atom is -0.544 e. The fourth-order valence-electron chi connectivity index (χ4n) is 1.85. The summed E-state index contributed by atoms with van der Waals surface area (Å²) in [6.45, 7) is 6.34. The van der Waals surface area contributed by atoms with Crippen LogP contribution in [-0.4, -0.2) is 29.4 Å². The van der Waals surface area contributed by atoms with Crippen LogP contribution in [0.1, 0.15) is 25.3 Å². The van der Waals surface area contributed by atoms with Gasteiger partial charge in [0.15, 0.2) is 11.5 Å². The maximum atomic E-state index is 11.3. The molecule has 8 heteroatoms. The average molecular weight is 349 g/mol. The highest BCUT2D eigenvalue weighted by Gasteiger charge is 2.10. The van der Waals surface area contributed by atoms with Gasteiger partial charge in [-0.25, -0.2) is 0 Å². The number of hydrogen-bond donors (Lipinski definition) is 0. The number of carbonyl (C=O) groups excluding carboxylic acids is 1. The highest BCUT2D eigenvalue weighted by Crippen LogP contribution is 2.31. The topological polar surface area (TPSA) is 97.5 Å². The van der Waals surface area contributed by atoms with Crippen molar-refractivity contribution in [1.82, 2.24) is 10.2 Å². The lowest BCUT2D eigenvalue weighted by molar-refractivity contribution is -0.298. The van der Waals surface area contributed by atoms with Crippen molar-refractivity contribution in [1.29, 1.82) is 0 Å². The zero-order valence-electron chi connectivity index (χ0n) is 13.6. The minimum absolute atomic E-state index is 0.0507. The molecule has 128 valence electrons. The molecular formula is C16H17N2O5S-. The summed E-state index contributed by atoms with van der Waals surface area (Å²) in [5, 5.41) is 18.9. The molecule has 1 heterocycles. The Hall–Kier alpha value is -2.48. The summed E-state index contributed by atoms with van der Waals surface area (Å²) in [6, 6.07) is 5.17. The van der Waals surface area contributed by atoms with E-state index < -0.39 is 5.97 Å². The third kappa shape index (κ3) is 4.76. The molecule has 7 nitrogen and oxygen atoms in total. The maximum Gasteiger partial charge on any atom is 0.281 e. The third-order valence-electron chi connectivity index (χ3n) is 2.77. The second-order valence-corrected chi connectivity index (χ2v) is 5.55. The van der Waals surface area contributed by atoms with E-state index in [0.717, 1.165) is 11.8 Å². The third-order valence-corrected chi connectivity index (χ3v) is 3.62. The summed E-state index contributed by atoms with van der Waals surface area (Å²) in [7, 11) is 0. The van der Waals surface area contributed by atoms with Gasteiger partial charge in [0.05, 0.1) is 19.2 Å². The number of rotatable bonds is 8. The van der Waals surface area contributed by atoms with Gasteiger partial charge >= 0.3 is 0 Å².